The summed E-state index contributed by atoms with van der Waals surface area (Å²) in [5, 5.41) is 46.9. The fraction of sp³-hybridized carbons (Fsp3) is 0.250. The van der Waals surface area contributed by atoms with Gasteiger partial charge in [0.15, 0.2) is 5.69 Å². The molecule has 0 aliphatic rings. The third kappa shape index (κ3) is 3.42. The van der Waals surface area contributed by atoms with Crippen LogP contribution in [-0.2, 0) is 6.54 Å². The third-order valence-corrected chi connectivity index (χ3v) is 3.75. The molecule has 0 bridgehead atoms. The number of aromatic hydroxyl groups is 1. The molecule has 0 atom stereocenters. The van der Waals surface area contributed by atoms with Crippen LogP contribution in [0, 0.1) is 35.3 Å². The molecule has 0 saturated carbocycles. The Morgan fingerprint density at radius 1 is 1.35 bits per heavy atom. The molecule has 2 N–H and O–H groups in total. The van der Waals surface area contributed by atoms with E-state index in [9.17, 15) is 25.3 Å². The monoisotopic (exact) mass is 357 g/mol. The minimum absolute atomic E-state index is 0.121. The Bertz CT molecular complexity index is 1000. The molecule has 0 unspecified atom stereocenters. The van der Waals surface area contributed by atoms with Crippen molar-refractivity contribution in [3.8, 4) is 11.9 Å². The average molecular weight is 357 g/mol. The first-order chi connectivity index (χ1) is 12.3. The van der Waals surface area contributed by atoms with Crippen LogP contribution in [0.15, 0.2) is 33.2 Å². The zero-order valence-electron chi connectivity index (χ0n) is 14.0. The van der Waals surface area contributed by atoms with Crippen molar-refractivity contribution in [2.45, 2.75) is 20.4 Å². The van der Waals surface area contributed by atoms with Crippen molar-refractivity contribution < 1.29 is 15.1 Å². The fourth-order valence-electron chi connectivity index (χ4n) is 2.29. The first kappa shape index (κ1) is 18.8. The van der Waals surface area contributed by atoms with Crippen LogP contribution in [0.4, 0.5) is 17.1 Å². The number of azo groups is 1. The van der Waals surface area contributed by atoms with Gasteiger partial charge in [0.05, 0.1) is 23.8 Å². The molecule has 0 amide bonds. The highest BCUT2D eigenvalue weighted by molar-refractivity contribution is 5.57. The van der Waals surface area contributed by atoms with Gasteiger partial charge in [0.2, 0.25) is 5.88 Å². The van der Waals surface area contributed by atoms with Crippen molar-refractivity contribution in [1.82, 2.24) is 4.57 Å². The Balaban J connectivity index is 2.64. The first-order valence-electron chi connectivity index (χ1n) is 7.46. The summed E-state index contributed by atoms with van der Waals surface area (Å²) >= 11 is 0. The van der Waals surface area contributed by atoms with E-state index >= 15 is 0 Å². The van der Waals surface area contributed by atoms with E-state index in [-0.39, 0.29) is 34.7 Å². The van der Waals surface area contributed by atoms with Crippen molar-refractivity contribution in [2.24, 2.45) is 10.2 Å². The maximum atomic E-state index is 12.5. The van der Waals surface area contributed by atoms with E-state index in [4.69, 9.17) is 5.11 Å². The molecule has 2 aromatic rings. The van der Waals surface area contributed by atoms with E-state index in [1.807, 2.05) is 0 Å². The summed E-state index contributed by atoms with van der Waals surface area (Å²) in [6.07, 6.45) is 0. The number of pyridine rings is 1. The lowest BCUT2D eigenvalue weighted by molar-refractivity contribution is -0.384. The van der Waals surface area contributed by atoms with Gasteiger partial charge >= 0.3 is 0 Å². The van der Waals surface area contributed by atoms with Crippen molar-refractivity contribution in [3.63, 3.8) is 0 Å². The van der Waals surface area contributed by atoms with Crippen LogP contribution in [0.2, 0.25) is 0 Å². The molecule has 10 heteroatoms. The Morgan fingerprint density at radius 2 is 2.04 bits per heavy atom. The predicted molar refractivity (Wildman–Crippen MR) is 90.9 cm³/mol. The fourth-order valence-corrected chi connectivity index (χ4v) is 2.29. The molecule has 0 aliphatic carbocycles. The molecular weight excluding hydrogens is 342 g/mol. The summed E-state index contributed by atoms with van der Waals surface area (Å²) in [5.74, 6) is -0.561. The number of aliphatic hydroxyl groups excluding tert-OH is 1. The number of nitriles is 1. The maximum Gasteiger partial charge on any atom is 0.281 e. The minimum atomic E-state index is -0.736. The van der Waals surface area contributed by atoms with E-state index in [0.717, 1.165) is 4.57 Å². The van der Waals surface area contributed by atoms with Crippen LogP contribution in [0.3, 0.4) is 0 Å². The van der Waals surface area contributed by atoms with Crippen molar-refractivity contribution in [2.75, 3.05) is 6.61 Å². The van der Waals surface area contributed by atoms with Crippen LogP contribution in [0.1, 0.15) is 16.7 Å². The van der Waals surface area contributed by atoms with Gasteiger partial charge in [0, 0.05) is 17.7 Å². The summed E-state index contributed by atoms with van der Waals surface area (Å²) in [4.78, 5) is 22.8. The van der Waals surface area contributed by atoms with Crippen molar-refractivity contribution >= 4 is 17.1 Å². The first-order valence-corrected chi connectivity index (χ1v) is 7.46. The molecule has 0 fully saturated rings. The zero-order valence-corrected chi connectivity index (χ0v) is 14.0. The highest BCUT2D eigenvalue weighted by Crippen LogP contribution is 2.29. The minimum Gasteiger partial charge on any atom is -0.493 e. The average Bonchev–Trinajstić information content (AvgIpc) is 2.60. The highest BCUT2D eigenvalue weighted by Gasteiger charge is 2.19. The SMILES string of the molecule is Cc1ccc([N+](=O)[O-])cc1N=Nc1c(C)c(C#N)c(O)n(CCO)c1=O. The summed E-state index contributed by atoms with van der Waals surface area (Å²) in [5.41, 5.74) is -0.356. The number of aromatic nitrogens is 1. The molecule has 1 heterocycles. The lowest BCUT2D eigenvalue weighted by Crippen LogP contribution is -2.23. The number of nitro benzene ring substituents is 1. The highest BCUT2D eigenvalue weighted by atomic mass is 16.6. The van der Waals surface area contributed by atoms with Crippen LogP contribution in [0.25, 0.3) is 0 Å². The number of aryl methyl sites for hydroxylation is 1. The second kappa shape index (κ2) is 7.54. The molecule has 0 aliphatic heterocycles. The summed E-state index contributed by atoms with van der Waals surface area (Å²) in [6.45, 7) is 2.45. The summed E-state index contributed by atoms with van der Waals surface area (Å²) in [7, 11) is 0. The van der Waals surface area contributed by atoms with E-state index in [0.29, 0.717) is 5.56 Å². The summed E-state index contributed by atoms with van der Waals surface area (Å²) < 4.78 is 0.820. The molecule has 2 rings (SSSR count). The molecule has 0 saturated heterocycles. The zero-order chi connectivity index (χ0) is 19.4. The second-order valence-electron chi connectivity index (χ2n) is 5.39. The number of aliphatic hydroxyl groups is 1. The van der Waals surface area contributed by atoms with Gasteiger partial charge in [-0.2, -0.15) is 5.26 Å². The number of hydrogen-bond donors (Lipinski definition) is 2. The van der Waals surface area contributed by atoms with Gasteiger partial charge in [-0.3, -0.25) is 19.5 Å². The van der Waals surface area contributed by atoms with Crippen LogP contribution >= 0.6 is 0 Å². The van der Waals surface area contributed by atoms with Crippen molar-refractivity contribution in [3.05, 3.63) is 55.4 Å². The van der Waals surface area contributed by atoms with Gasteiger partial charge in [-0.1, -0.05) is 6.07 Å². The molecule has 1 aromatic carbocycles. The standard InChI is InChI=1S/C16H15N5O5/c1-9-3-4-11(21(25)26)7-13(9)18-19-14-10(2)12(8-17)15(23)20(5-6-22)16(14)24/h3-4,7,22-23H,5-6H2,1-2H3. The Labute approximate surface area is 147 Å². The number of benzene rings is 1. The van der Waals surface area contributed by atoms with Gasteiger partial charge in [-0.05, 0) is 19.4 Å². The molecule has 10 nitrogen and oxygen atoms in total. The smallest absolute Gasteiger partial charge is 0.281 e. The number of hydrogen-bond acceptors (Lipinski definition) is 8. The quantitative estimate of drug-likeness (QED) is 0.475. The van der Waals surface area contributed by atoms with Gasteiger partial charge in [0.25, 0.3) is 11.2 Å². The van der Waals surface area contributed by atoms with E-state index in [1.54, 1.807) is 13.0 Å². The summed E-state index contributed by atoms with van der Waals surface area (Å²) in [6, 6.07) is 5.82. The Kier molecular flexibility index (Phi) is 5.44. The lowest BCUT2D eigenvalue weighted by Gasteiger charge is -2.11. The molecule has 1 aromatic heterocycles. The van der Waals surface area contributed by atoms with Crippen LogP contribution < -0.4 is 5.56 Å². The van der Waals surface area contributed by atoms with Crippen LogP contribution in [0.5, 0.6) is 5.88 Å². The largest absolute Gasteiger partial charge is 0.493 e. The lowest BCUT2D eigenvalue weighted by atomic mass is 10.1. The topological polar surface area (TPSA) is 154 Å². The Hall–Kier alpha value is -3.58. The number of nitro groups is 1. The van der Waals surface area contributed by atoms with E-state index in [2.05, 4.69) is 10.2 Å². The predicted octanol–water partition coefficient (Wildman–Crippen LogP) is 2.36. The number of rotatable bonds is 5. The maximum absolute atomic E-state index is 12.5. The molecule has 0 radical (unpaired) electrons. The van der Waals surface area contributed by atoms with Gasteiger partial charge in [0.1, 0.15) is 11.6 Å². The van der Waals surface area contributed by atoms with Gasteiger partial charge in [-0.25, -0.2) is 0 Å². The molecule has 0 spiro atoms. The van der Waals surface area contributed by atoms with E-state index < -0.39 is 23.0 Å². The molecule has 26 heavy (non-hydrogen) atoms. The van der Waals surface area contributed by atoms with Crippen molar-refractivity contribution in [1.29, 1.82) is 5.26 Å². The van der Waals surface area contributed by atoms with Gasteiger partial charge in [-0.15, -0.1) is 10.2 Å². The van der Waals surface area contributed by atoms with E-state index in [1.165, 1.54) is 25.1 Å². The number of non-ortho nitro benzene ring substituents is 1. The molecule has 134 valence electrons. The number of nitrogens with zero attached hydrogens (tertiary/aromatic N) is 5. The molecular formula is C16H15N5O5. The normalized spacial score (nSPS) is 10.8. The van der Waals surface area contributed by atoms with Gasteiger partial charge < -0.3 is 10.2 Å². The Morgan fingerprint density at radius 3 is 2.62 bits per heavy atom. The third-order valence-electron chi connectivity index (χ3n) is 3.75. The second-order valence-corrected chi connectivity index (χ2v) is 5.39. The van der Waals surface area contributed by atoms with Crippen LogP contribution in [-0.4, -0.2) is 26.3 Å².